The standard InChI is InChI=1S/C22H26N4O3/c1-13-8-14(2)10-18(9-13)24-21(27)12-29-22(28)7-6-19-16(4)23-20-11-15(3)25-26(20)17(19)5/h8-11H,6-7,12H2,1-5H3,(H,24,27). The van der Waals surface area contributed by atoms with Gasteiger partial charge in [-0.25, -0.2) is 9.50 Å². The van der Waals surface area contributed by atoms with Gasteiger partial charge in [0, 0.05) is 29.6 Å². The van der Waals surface area contributed by atoms with E-state index in [9.17, 15) is 9.59 Å². The van der Waals surface area contributed by atoms with Crippen LogP contribution in [0.2, 0.25) is 0 Å². The number of nitrogens with one attached hydrogen (secondary N) is 1. The van der Waals surface area contributed by atoms with Gasteiger partial charge in [-0.2, -0.15) is 5.10 Å². The van der Waals surface area contributed by atoms with Gasteiger partial charge < -0.3 is 10.1 Å². The fraction of sp³-hybridized carbons (Fsp3) is 0.364. The highest BCUT2D eigenvalue weighted by Gasteiger charge is 2.14. The number of hydrogen-bond donors (Lipinski definition) is 1. The molecule has 0 aliphatic rings. The van der Waals surface area contributed by atoms with Gasteiger partial charge in [-0.05, 0) is 69.9 Å². The van der Waals surface area contributed by atoms with Crippen LogP contribution in [0.1, 0.15) is 40.2 Å². The first-order valence-corrected chi connectivity index (χ1v) is 9.59. The van der Waals surface area contributed by atoms with Crippen molar-refractivity contribution in [2.45, 2.75) is 47.5 Å². The molecule has 0 bridgehead atoms. The third-order valence-electron chi connectivity index (χ3n) is 4.73. The molecule has 0 fully saturated rings. The molecule has 1 aromatic carbocycles. The van der Waals surface area contributed by atoms with Crippen molar-refractivity contribution in [3.05, 3.63) is 58.0 Å². The van der Waals surface area contributed by atoms with Crippen molar-refractivity contribution in [3.8, 4) is 0 Å². The predicted molar refractivity (Wildman–Crippen MR) is 111 cm³/mol. The third-order valence-corrected chi connectivity index (χ3v) is 4.73. The number of carbonyl (C=O) groups is 2. The number of benzene rings is 1. The normalized spacial score (nSPS) is 10.9. The molecule has 0 radical (unpaired) electrons. The highest BCUT2D eigenvalue weighted by atomic mass is 16.5. The molecule has 152 valence electrons. The second-order valence-electron chi connectivity index (χ2n) is 7.40. The summed E-state index contributed by atoms with van der Waals surface area (Å²) in [6.07, 6.45) is 0.656. The minimum Gasteiger partial charge on any atom is -0.456 e. The number of fused-ring (bicyclic) bond motifs is 1. The van der Waals surface area contributed by atoms with Crippen molar-refractivity contribution < 1.29 is 14.3 Å². The Kier molecular flexibility index (Phi) is 5.96. The molecular formula is C22H26N4O3. The molecule has 1 amide bonds. The maximum atomic E-state index is 12.1. The van der Waals surface area contributed by atoms with Crippen LogP contribution in [0, 0.1) is 34.6 Å². The van der Waals surface area contributed by atoms with Gasteiger partial charge in [0.1, 0.15) is 0 Å². The van der Waals surface area contributed by atoms with E-state index >= 15 is 0 Å². The fourth-order valence-corrected chi connectivity index (χ4v) is 3.49. The number of ether oxygens (including phenoxy) is 1. The van der Waals surface area contributed by atoms with Crippen molar-refractivity contribution in [1.29, 1.82) is 0 Å². The molecule has 0 saturated carbocycles. The zero-order valence-corrected chi connectivity index (χ0v) is 17.5. The molecule has 0 aliphatic heterocycles. The van der Waals surface area contributed by atoms with Gasteiger partial charge in [-0.1, -0.05) is 6.07 Å². The van der Waals surface area contributed by atoms with Crippen molar-refractivity contribution >= 4 is 23.2 Å². The van der Waals surface area contributed by atoms with Gasteiger partial charge in [0.2, 0.25) is 0 Å². The zero-order valence-electron chi connectivity index (χ0n) is 17.5. The van der Waals surface area contributed by atoms with E-state index in [1.165, 1.54) is 0 Å². The van der Waals surface area contributed by atoms with E-state index in [0.29, 0.717) is 12.1 Å². The largest absolute Gasteiger partial charge is 0.456 e. The Bertz CT molecular complexity index is 1070. The second-order valence-corrected chi connectivity index (χ2v) is 7.40. The summed E-state index contributed by atoms with van der Waals surface area (Å²) in [5.74, 6) is -0.776. The number of rotatable bonds is 6. The number of esters is 1. The van der Waals surface area contributed by atoms with Gasteiger partial charge in [-0.15, -0.1) is 0 Å². The molecular weight excluding hydrogens is 368 g/mol. The summed E-state index contributed by atoms with van der Waals surface area (Å²) in [7, 11) is 0. The predicted octanol–water partition coefficient (Wildman–Crippen LogP) is 3.39. The van der Waals surface area contributed by atoms with E-state index in [0.717, 1.165) is 39.4 Å². The monoisotopic (exact) mass is 394 g/mol. The molecule has 0 aliphatic carbocycles. The fourth-order valence-electron chi connectivity index (χ4n) is 3.49. The zero-order chi connectivity index (χ0) is 21.1. The molecule has 29 heavy (non-hydrogen) atoms. The Hall–Kier alpha value is -3.22. The second kappa shape index (κ2) is 8.43. The van der Waals surface area contributed by atoms with Gasteiger partial charge >= 0.3 is 5.97 Å². The number of amides is 1. The average molecular weight is 394 g/mol. The number of nitrogens with zero attached hydrogens (tertiary/aromatic N) is 3. The Morgan fingerprint density at radius 2 is 1.72 bits per heavy atom. The summed E-state index contributed by atoms with van der Waals surface area (Å²) >= 11 is 0. The lowest BCUT2D eigenvalue weighted by Gasteiger charge is -2.11. The van der Waals surface area contributed by atoms with E-state index in [1.54, 1.807) is 4.52 Å². The lowest BCUT2D eigenvalue weighted by Crippen LogP contribution is -2.21. The lowest BCUT2D eigenvalue weighted by atomic mass is 10.1. The van der Waals surface area contributed by atoms with Crippen LogP contribution in [-0.4, -0.2) is 33.1 Å². The van der Waals surface area contributed by atoms with Crippen LogP contribution >= 0.6 is 0 Å². The van der Waals surface area contributed by atoms with E-state index in [-0.39, 0.29) is 18.9 Å². The minimum atomic E-state index is -0.420. The molecule has 0 atom stereocenters. The molecule has 0 spiro atoms. The van der Waals surface area contributed by atoms with Crippen LogP contribution in [0.3, 0.4) is 0 Å². The summed E-state index contributed by atoms with van der Waals surface area (Å²) in [5.41, 5.74) is 7.30. The van der Waals surface area contributed by atoms with Crippen molar-refractivity contribution in [1.82, 2.24) is 14.6 Å². The molecule has 7 nitrogen and oxygen atoms in total. The molecule has 3 aromatic rings. The number of aromatic nitrogens is 3. The van der Waals surface area contributed by atoms with E-state index in [4.69, 9.17) is 4.74 Å². The highest BCUT2D eigenvalue weighted by Crippen LogP contribution is 2.17. The summed E-state index contributed by atoms with van der Waals surface area (Å²) in [6, 6.07) is 7.69. The molecule has 1 N–H and O–H groups in total. The topological polar surface area (TPSA) is 85.6 Å². The van der Waals surface area contributed by atoms with Gasteiger partial charge in [-0.3, -0.25) is 9.59 Å². The minimum absolute atomic E-state index is 0.173. The molecule has 7 heteroatoms. The van der Waals surface area contributed by atoms with Crippen LogP contribution in [0.15, 0.2) is 24.3 Å². The Labute approximate surface area is 170 Å². The number of hydrogen-bond acceptors (Lipinski definition) is 5. The summed E-state index contributed by atoms with van der Waals surface area (Å²) < 4.78 is 6.93. The molecule has 2 heterocycles. The number of carbonyl (C=O) groups excluding carboxylic acids is 2. The molecule has 0 unspecified atom stereocenters. The number of anilines is 1. The van der Waals surface area contributed by atoms with Gasteiger partial charge in [0.15, 0.2) is 12.3 Å². The molecule has 2 aromatic heterocycles. The Morgan fingerprint density at radius 1 is 1.03 bits per heavy atom. The lowest BCUT2D eigenvalue weighted by molar-refractivity contribution is -0.147. The van der Waals surface area contributed by atoms with Crippen LogP contribution in [0.4, 0.5) is 5.69 Å². The molecule has 0 saturated heterocycles. The van der Waals surface area contributed by atoms with Crippen molar-refractivity contribution in [3.63, 3.8) is 0 Å². The average Bonchev–Trinajstić information content (AvgIpc) is 2.99. The van der Waals surface area contributed by atoms with E-state index < -0.39 is 5.97 Å². The van der Waals surface area contributed by atoms with Crippen LogP contribution in [-0.2, 0) is 20.7 Å². The van der Waals surface area contributed by atoms with Gasteiger partial charge in [0.25, 0.3) is 5.91 Å². The smallest absolute Gasteiger partial charge is 0.306 e. The van der Waals surface area contributed by atoms with E-state index in [1.807, 2.05) is 58.9 Å². The van der Waals surface area contributed by atoms with Crippen molar-refractivity contribution in [2.75, 3.05) is 11.9 Å². The summed E-state index contributed by atoms with van der Waals surface area (Å²) in [5, 5.41) is 7.19. The first-order chi connectivity index (χ1) is 13.7. The third kappa shape index (κ3) is 4.99. The first kappa shape index (κ1) is 20.5. The summed E-state index contributed by atoms with van der Waals surface area (Å²) in [4.78, 5) is 28.7. The summed E-state index contributed by atoms with van der Waals surface area (Å²) in [6.45, 7) is 9.43. The van der Waals surface area contributed by atoms with Gasteiger partial charge in [0.05, 0.1) is 5.69 Å². The highest BCUT2D eigenvalue weighted by molar-refractivity contribution is 5.93. The maximum Gasteiger partial charge on any atom is 0.306 e. The van der Waals surface area contributed by atoms with Crippen LogP contribution < -0.4 is 5.32 Å². The Balaban J connectivity index is 1.55. The quantitative estimate of drug-likeness (QED) is 0.648. The first-order valence-electron chi connectivity index (χ1n) is 9.59. The van der Waals surface area contributed by atoms with Crippen LogP contribution in [0.25, 0.3) is 5.65 Å². The number of aryl methyl sites for hydroxylation is 5. The Morgan fingerprint density at radius 3 is 2.41 bits per heavy atom. The molecule has 3 rings (SSSR count). The van der Waals surface area contributed by atoms with Crippen LogP contribution in [0.5, 0.6) is 0 Å². The van der Waals surface area contributed by atoms with Crippen molar-refractivity contribution in [2.24, 2.45) is 0 Å². The van der Waals surface area contributed by atoms with E-state index in [2.05, 4.69) is 15.4 Å². The SMILES string of the molecule is Cc1cc(C)cc(NC(=O)COC(=O)CCc2c(C)nc3cc(C)nn3c2C)c1. The maximum absolute atomic E-state index is 12.1.